The zero-order chi connectivity index (χ0) is 6.57. The number of amides is 1. The van der Waals surface area contributed by atoms with Crippen LogP contribution in [0, 0.1) is 0 Å². The van der Waals surface area contributed by atoms with Gasteiger partial charge in [0.05, 0.1) is 5.16 Å². The lowest BCUT2D eigenvalue weighted by Gasteiger charge is -1.69. The Balaban J connectivity index is 3.84. The third-order valence-corrected chi connectivity index (χ3v) is 1.51. The van der Waals surface area contributed by atoms with Gasteiger partial charge in [-0.25, -0.2) is 4.79 Å². The molecule has 0 heterocycles. The molecule has 0 N–H and O–H groups in total. The number of carbonyl (C=O) groups excluding carboxylic acids is 1. The van der Waals surface area contributed by atoms with Crippen LogP contribution in [0.4, 0.5) is 4.79 Å². The largest absolute Gasteiger partial charge is 0.503 e. The zero-order valence-electron chi connectivity index (χ0n) is 3.43. The minimum absolute atomic E-state index is 0.650. The van der Waals surface area contributed by atoms with Gasteiger partial charge in [0.2, 0.25) is 21.4 Å². The lowest BCUT2D eigenvalue weighted by molar-refractivity contribution is 0.267. The normalized spacial score (nSPS) is 8.38. The zero-order valence-corrected chi connectivity index (χ0v) is 6.57. The van der Waals surface area contributed by atoms with Crippen LogP contribution in [0.3, 0.4) is 0 Å². The molecule has 6 heteroatoms. The molecule has 0 spiro atoms. The average molecular weight is 189 g/mol. The van der Waals surface area contributed by atoms with Crippen molar-refractivity contribution in [2.75, 3.05) is 0 Å². The summed E-state index contributed by atoms with van der Waals surface area (Å²) >= 11 is 4.10. The monoisotopic (exact) mass is 188 g/mol. The van der Waals surface area contributed by atoms with E-state index < -0.39 is 14.6 Å². The van der Waals surface area contributed by atoms with Crippen LogP contribution in [0.1, 0.15) is 0 Å². The highest BCUT2D eigenvalue weighted by Crippen LogP contribution is 2.10. The van der Waals surface area contributed by atoms with Gasteiger partial charge in [0.1, 0.15) is 0 Å². The molecule has 0 aromatic carbocycles. The fourth-order valence-electron chi connectivity index (χ4n) is 0.0718. The Kier molecular flexibility index (Phi) is 4.51. The molecule has 0 unspecified atom stereocenters. The summed E-state index contributed by atoms with van der Waals surface area (Å²) in [6.07, 6.45) is 0. The second-order valence-electron chi connectivity index (χ2n) is 0.682. The van der Waals surface area contributed by atoms with Crippen molar-refractivity contribution in [3.05, 3.63) is 0 Å². The highest BCUT2D eigenvalue weighted by Gasteiger charge is 2.25. The van der Waals surface area contributed by atoms with Gasteiger partial charge in [0.25, 0.3) is 0 Å². The number of rotatable bonds is 0. The third kappa shape index (κ3) is 3.41. The minimum Gasteiger partial charge on any atom is -0.206 e. The van der Waals surface area contributed by atoms with Gasteiger partial charge < -0.3 is 0 Å². The molecule has 0 atom stereocenters. The first-order valence-electron chi connectivity index (χ1n) is 1.37. The van der Waals surface area contributed by atoms with Crippen molar-refractivity contribution >= 4 is 53.3 Å². The molecule has 1 amide bonds. The van der Waals surface area contributed by atoms with Gasteiger partial charge in [-0.15, -0.1) is 4.99 Å². The molecule has 0 bridgehead atoms. The molecule has 0 rings (SSSR count). The summed E-state index contributed by atoms with van der Waals surface area (Å²) in [5, 5.41) is 1.20. The Labute approximate surface area is 63.2 Å². The molecule has 44 valence electrons. The van der Waals surface area contributed by atoms with E-state index >= 15 is 0 Å². The Hall–Kier alpha value is 0.400. The van der Waals surface area contributed by atoms with E-state index in [9.17, 15) is 4.79 Å². The van der Waals surface area contributed by atoms with E-state index in [0.29, 0.717) is 0 Å². The van der Waals surface area contributed by atoms with E-state index in [1.807, 2.05) is 5.16 Å². The maximum absolute atomic E-state index is 10.2. The molecule has 0 aromatic heterocycles. The summed E-state index contributed by atoms with van der Waals surface area (Å²) in [7, 11) is 8.79. The van der Waals surface area contributed by atoms with Crippen LogP contribution in [-0.4, -0.2) is 10.4 Å². The third-order valence-electron chi connectivity index (χ3n) is 0.269. The van der Waals surface area contributed by atoms with E-state index in [1.54, 1.807) is 0 Å². The average Bonchev–Trinajstić information content (AvgIpc) is 1.67. The fourth-order valence-corrected chi connectivity index (χ4v) is 0.534. The number of isothiocyanates is 1. The molecule has 0 saturated carbocycles. The fraction of sp³-hybridized carbons (Fsp3) is 0. The Morgan fingerprint density at radius 1 is 1.75 bits per heavy atom. The molecule has 0 aliphatic rings. The molecule has 0 radical (unpaired) electrons. The Morgan fingerprint density at radius 2 is 2.25 bits per heavy atom. The lowest BCUT2D eigenvalue weighted by atomic mass is 11.3. The van der Waals surface area contributed by atoms with Crippen molar-refractivity contribution < 1.29 is 4.79 Å². The van der Waals surface area contributed by atoms with Gasteiger partial charge in [0.15, 0.2) is 0 Å². The number of thiocarbonyl (C=S) groups is 1. The molecular formula is C2Cl2NOS2+. The van der Waals surface area contributed by atoms with Gasteiger partial charge in [0, 0.05) is 0 Å². The summed E-state index contributed by atoms with van der Waals surface area (Å²) in [5.74, 6) is 0. The molecule has 8 heavy (non-hydrogen) atoms. The molecular weight excluding hydrogens is 189 g/mol. The van der Waals surface area contributed by atoms with Crippen molar-refractivity contribution in [1.29, 1.82) is 0 Å². The predicted molar refractivity (Wildman–Crippen MR) is 39.5 cm³/mol. The van der Waals surface area contributed by atoms with Gasteiger partial charge >= 0.3 is 14.6 Å². The summed E-state index contributed by atoms with van der Waals surface area (Å²) in [6, 6.07) is 0. The first-order valence-corrected chi connectivity index (χ1v) is 4.65. The summed E-state index contributed by atoms with van der Waals surface area (Å²) in [5.41, 5.74) is 0. The SMILES string of the molecule is O=C(N=C=S)[S+](Cl)Cl. The lowest BCUT2D eigenvalue weighted by Crippen LogP contribution is -1.92. The predicted octanol–water partition coefficient (Wildman–Crippen LogP) is 2.14. The quantitative estimate of drug-likeness (QED) is 0.332. The Morgan fingerprint density at radius 3 is 2.38 bits per heavy atom. The Bertz CT molecular complexity index is 141. The second kappa shape index (κ2) is 4.30. The number of carbonyl (C=O) groups is 1. The number of hydrogen-bond donors (Lipinski definition) is 0. The molecule has 0 aromatic rings. The van der Waals surface area contributed by atoms with Crippen molar-refractivity contribution in [3.63, 3.8) is 0 Å². The van der Waals surface area contributed by atoms with Crippen molar-refractivity contribution in [2.45, 2.75) is 0 Å². The molecule has 2 nitrogen and oxygen atoms in total. The van der Waals surface area contributed by atoms with E-state index in [0.717, 1.165) is 0 Å². The van der Waals surface area contributed by atoms with Crippen molar-refractivity contribution in [1.82, 2.24) is 0 Å². The summed E-state index contributed by atoms with van der Waals surface area (Å²) in [6.45, 7) is 0. The van der Waals surface area contributed by atoms with Gasteiger partial charge in [-0.2, -0.15) is 0 Å². The van der Waals surface area contributed by atoms with Gasteiger partial charge in [-0.3, -0.25) is 0 Å². The second-order valence-corrected chi connectivity index (χ2v) is 3.96. The maximum atomic E-state index is 10.2. The van der Waals surface area contributed by atoms with Crippen molar-refractivity contribution in [2.24, 2.45) is 4.99 Å². The van der Waals surface area contributed by atoms with E-state index in [4.69, 9.17) is 21.4 Å². The molecule has 0 aliphatic carbocycles. The minimum atomic E-state index is -1.35. The highest BCUT2D eigenvalue weighted by atomic mass is 36.0. The van der Waals surface area contributed by atoms with Crippen LogP contribution >= 0.6 is 33.6 Å². The molecule has 0 aliphatic heterocycles. The topological polar surface area (TPSA) is 29.4 Å². The van der Waals surface area contributed by atoms with Crippen LogP contribution in [0.25, 0.3) is 0 Å². The van der Waals surface area contributed by atoms with Crippen LogP contribution in [0.15, 0.2) is 4.99 Å². The van der Waals surface area contributed by atoms with Crippen molar-refractivity contribution in [3.8, 4) is 0 Å². The standard InChI is InChI=1S/C2Cl2NOS2/c3-8(4)2(6)5-1-7/q+1. The van der Waals surface area contributed by atoms with E-state index in [2.05, 4.69) is 17.2 Å². The highest BCUT2D eigenvalue weighted by molar-refractivity contribution is 8.45. The van der Waals surface area contributed by atoms with Gasteiger partial charge in [-0.05, 0) is 12.2 Å². The van der Waals surface area contributed by atoms with Crippen LogP contribution in [-0.2, 0) is 9.32 Å². The number of nitrogens with zero attached hydrogens (tertiary/aromatic N) is 1. The smallest absolute Gasteiger partial charge is 0.206 e. The number of halogens is 2. The first kappa shape index (κ1) is 8.40. The van der Waals surface area contributed by atoms with Crippen LogP contribution in [0.5, 0.6) is 0 Å². The van der Waals surface area contributed by atoms with Crippen LogP contribution in [0.2, 0.25) is 0 Å². The van der Waals surface area contributed by atoms with E-state index in [1.165, 1.54) is 0 Å². The number of aliphatic imine (C=N–C) groups is 1. The maximum Gasteiger partial charge on any atom is 0.503 e. The molecule has 0 saturated heterocycles. The van der Waals surface area contributed by atoms with Gasteiger partial charge in [-0.1, -0.05) is 0 Å². The van der Waals surface area contributed by atoms with E-state index in [-0.39, 0.29) is 0 Å². The van der Waals surface area contributed by atoms with Crippen LogP contribution < -0.4 is 0 Å². The summed E-state index contributed by atoms with van der Waals surface area (Å²) in [4.78, 5) is 13.2. The summed E-state index contributed by atoms with van der Waals surface area (Å²) < 4.78 is 0. The first-order chi connectivity index (χ1) is 3.68. The number of hydrogen-bond acceptors (Lipinski definition) is 2. The molecule has 0 fully saturated rings.